The smallest absolute Gasteiger partial charge is 0.237 e. The van der Waals surface area contributed by atoms with Crippen molar-refractivity contribution < 1.29 is 13.9 Å². The quantitative estimate of drug-likeness (QED) is 0.488. The van der Waals surface area contributed by atoms with Crippen molar-refractivity contribution in [3.8, 4) is 11.8 Å². The Bertz CT molecular complexity index is 1020. The number of amides is 1. The van der Waals surface area contributed by atoms with Crippen molar-refractivity contribution in [2.45, 2.75) is 10.8 Å². The van der Waals surface area contributed by atoms with E-state index in [0.717, 1.165) is 11.4 Å². The number of benzene rings is 2. The Morgan fingerprint density at radius 3 is 2.63 bits per heavy atom. The Morgan fingerprint density at radius 2 is 1.97 bits per heavy atom. The number of nitrogens with zero attached hydrogens (tertiary/aromatic N) is 4. The molecule has 0 fully saturated rings. The van der Waals surface area contributed by atoms with Crippen LogP contribution in [0.5, 0.6) is 5.75 Å². The van der Waals surface area contributed by atoms with Crippen molar-refractivity contribution in [3.05, 3.63) is 54.3 Å². The molecule has 1 N–H and O–H groups in total. The monoisotopic (exact) mass is 443 g/mol. The SMILES string of the molecule is COc1ccc(Nc2nnc(SCC(=O)N(CCC#N)c3ccc(F)cc3)s2)cc1. The van der Waals surface area contributed by atoms with Gasteiger partial charge in [0, 0.05) is 17.9 Å². The number of nitriles is 1. The predicted molar refractivity (Wildman–Crippen MR) is 116 cm³/mol. The number of thioether (sulfide) groups is 1. The van der Waals surface area contributed by atoms with E-state index in [9.17, 15) is 9.18 Å². The van der Waals surface area contributed by atoms with Gasteiger partial charge in [-0.25, -0.2) is 4.39 Å². The lowest BCUT2D eigenvalue weighted by Crippen LogP contribution is -2.33. The molecular weight excluding hydrogens is 425 g/mol. The molecule has 0 aliphatic carbocycles. The van der Waals surface area contributed by atoms with E-state index in [2.05, 4.69) is 15.5 Å². The third kappa shape index (κ3) is 5.92. The molecule has 0 radical (unpaired) electrons. The van der Waals surface area contributed by atoms with E-state index in [1.54, 1.807) is 7.11 Å². The van der Waals surface area contributed by atoms with Gasteiger partial charge in [0.25, 0.3) is 0 Å². The van der Waals surface area contributed by atoms with Crippen LogP contribution in [0.2, 0.25) is 0 Å². The summed E-state index contributed by atoms with van der Waals surface area (Å²) in [6.45, 7) is 0.238. The number of ether oxygens (including phenoxy) is 1. The second-order valence-corrected chi connectivity index (χ2v) is 8.15. The van der Waals surface area contributed by atoms with Crippen LogP contribution in [0.15, 0.2) is 52.9 Å². The Labute approximate surface area is 181 Å². The van der Waals surface area contributed by atoms with Crippen LogP contribution in [0.25, 0.3) is 0 Å². The number of halogens is 1. The molecule has 0 saturated carbocycles. The Kier molecular flexibility index (Phi) is 7.59. The van der Waals surface area contributed by atoms with Crippen LogP contribution < -0.4 is 15.0 Å². The summed E-state index contributed by atoms with van der Waals surface area (Å²) in [4.78, 5) is 14.2. The minimum atomic E-state index is -0.383. The van der Waals surface area contributed by atoms with Crippen LogP contribution in [0.4, 0.5) is 20.9 Å². The van der Waals surface area contributed by atoms with Crippen LogP contribution in [0.1, 0.15) is 6.42 Å². The van der Waals surface area contributed by atoms with E-state index in [4.69, 9.17) is 10.00 Å². The van der Waals surface area contributed by atoms with Crippen LogP contribution in [0.3, 0.4) is 0 Å². The highest BCUT2D eigenvalue weighted by atomic mass is 32.2. The molecule has 0 unspecified atom stereocenters. The van der Waals surface area contributed by atoms with Gasteiger partial charge in [-0.05, 0) is 48.5 Å². The van der Waals surface area contributed by atoms with Gasteiger partial charge < -0.3 is 15.0 Å². The van der Waals surface area contributed by atoms with Gasteiger partial charge in [0.2, 0.25) is 11.0 Å². The molecular formula is C20H18FN5O2S2. The summed E-state index contributed by atoms with van der Waals surface area (Å²) in [6, 6.07) is 15.1. The molecule has 3 aromatic rings. The maximum atomic E-state index is 13.2. The fourth-order valence-corrected chi connectivity index (χ4v) is 4.15. The Balaban J connectivity index is 1.59. The lowest BCUT2D eigenvalue weighted by Gasteiger charge is -2.21. The molecule has 0 atom stereocenters. The van der Waals surface area contributed by atoms with Gasteiger partial charge in [-0.3, -0.25) is 4.79 Å². The van der Waals surface area contributed by atoms with Gasteiger partial charge in [0.05, 0.1) is 25.4 Å². The summed E-state index contributed by atoms with van der Waals surface area (Å²) in [5.41, 5.74) is 1.40. The fraction of sp³-hybridized carbons (Fsp3) is 0.200. The third-order valence-electron chi connectivity index (χ3n) is 3.95. The minimum absolute atomic E-state index is 0.125. The average Bonchev–Trinajstić information content (AvgIpc) is 3.21. The minimum Gasteiger partial charge on any atom is -0.497 e. The normalized spacial score (nSPS) is 10.3. The molecule has 0 spiro atoms. The van der Waals surface area contributed by atoms with E-state index in [0.29, 0.717) is 15.2 Å². The third-order valence-corrected chi connectivity index (χ3v) is 5.91. The topological polar surface area (TPSA) is 91.1 Å². The molecule has 10 heteroatoms. The first-order valence-electron chi connectivity index (χ1n) is 8.89. The van der Waals surface area contributed by atoms with Crippen LogP contribution in [-0.2, 0) is 4.79 Å². The second-order valence-electron chi connectivity index (χ2n) is 5.95. The zero-order valence-electron chi connectivity index (χ0n) is 16.0. The molecule has 1 heterocycles. The van der Waals surface area contributed by atoms with Gasteiger partial charge >= 0.3 is 0 Å². The van der Waals surface area contributed by atoms with Crippen molar-refractivity contribution in [1.29, 1.82) is 5.26 Å². The number of carbonyl (C=O) groups excluding carboxylic acids is 1. The van der Waals surface area contributed by atoms with Crippen LogP contribution in [0, 0.1) is 17.1 Å². The number of hydrogen-bond acceptors (Lipinski definition) is 8. The van der Waals surface area contributed by atoms with Crippen molar-refractivity contribution in [3.63, 3.8) is 0 Å². The highest BCUT2D eigenvalue weighted by Crippen LogP contribution is 2.29. The highest BCUT2D eigenvalue weighted by Gasteiger charge is 2.17. The molecule has 1 amide bonds. The zero-order chi connectivity index (χ0) is 21.3. The Hall–Kier alpha value is -3.16. The summed E-state index contributed by atoms with van der Waals surface area (Å²) < 4.78 is 19.0. The van der Waals surface area contributed by atoms with Gasteiger partial charge in [0.1, 0.15) is 11.6 Å². The summed E-state index contributed by atoms with van der Waals surface area (Å²) in [5, 5.41) is 20.8. The number of carbonyl (C=O) groups is 1. The summed E-state index contributed by atoms with van der Waals surface area (Å²) in [6.07, 6.45) is 0.183. The van der Waals surface area contributed by atoms with Crippen molar-refractivity contribution in [1.82, 2.24) is 10.2 Å². The molecule has 0 aliphatic rings. The number of aromatic nitrogens is 2. The molecule has 0 bridgehead atoms. The van der Waals surface area contributed by atoms with Crippen molar-refractivity contribution >= 4 is 45.5 Å². The standard InChI is InChI=1S/C20H18FN5O2S2/c1-28-17-9-5-15(6-10-17)23-19-24-25-20(30-19)29-13-18(27)26(12-2-11-22)16-7-3-14(21)4-8-16/h3-10H,2,12-13H2,1H3,(H,23,24). The van der Waals surface area contributed by atoms with Crippen molar-refractivity contribution in [2.75, 3.05) is 29.6 Å². The van der Waals surface area contributed by atoms with E-state index in [-0.39, 0.29) is 30.4 Å². The molecule has 2 aromatic carbocycles. The number of methoxy groups -OCH3 is 1. The maximum Gasteiger partial charge on any atom is 0.237 e. The summed E-state index contributed by atoms with van der Waals surface area (Å²) in [7, 11) is 1.61. The summed E-state index contributed by atoms with van der Waals surface area (Å²) >= 11 is 2.60. The van der Waals surface area contributed by atoms with E-state index in [1.807, 2.05) is 30.3 Å². The molecule has 3 rings (SSSR count). The second kappa shape index (κ2) is 10.6. The number of nitrogens with one attached hydrogen (secondary N) is 1. The lowest BCUT2D eigenvalue weighted by atomic mass is 10.2. The van der Waals surface area contributed by atoms with E-state index < -0.39 is 0 Å². The highest BCUT2D eigenvalue weighted by molar-refractivity contribution is 8.01. The van der Waals surface area contributed by atoms with Gasteiger partial charge in [-0.1, -0.05) is 23.1 Å². The van der Waals surface area contributed by atoms with Crippen LogP contribution in [-0.4, -0.2) is 35.5 Å². The Morgan fingerprint density at radius 1 is 1.23 bits per heavy atom. The largest absolute Gasteiger partial charge is 0.497 e. The maximum absolute atomic E-state index is 13.2. The number of anilines is 3. The molecule has 7 nitrogen and oxygen atoms in total. The predicted octanol–water partition coefficient (Wildman–Crippen LogP) is 4.47. The van der Waals surface area contributed by atoms with Gasteiger partial charge in [-0.15, -0.1) is 10.2 Å². The first-order chi connectivity index (χ1) is 14.6. The van der Waals surface area contributed by atoms with Gasteiger partial charge in [0.15, 0.2) is 4.34 Å². The van der Waals surface area contributed by atoms with E-state index >= 15 is 0 Å². The lowest BCUT2D eigenvalue weighted by molar-refractivity contribution is -0.116. The molecule has 0 saturated heterocycles. The molecule has 1 aromatic heterocycles. The zero-order valence-corrected chi connectivity index (χ0v) is 17.7. The van der Waals surface area contributed by atoms with Crippen LogP contribution >= 0.6 is 23.1 Å². The average molecular weight is 444 g/mol. The van der Waals surface area contributed by atoms with Gasteiger partial charge in [-0.2, -0.15) is 5.26 Å². The first kappa shape index (κ1) is 21.5. The van der Waals surface area contributed by atoms with Crippen molar-refractivity contribution in [2.24, 2.45) is 0 Å². The van der Waals surface area contributed by atoms with E-state index in [1.165, 1.54) is 52.3 Å². The number of hydrogen-bond donors (Lipinski definition) is 1. The summed E-state index contributed by atoms with van der Waals surface area (Å²) in [5.74, 6) is 0.308. The molecule has 0 aliphatic heterocycles. The molecule has 30 heavy (non-hydrogen) atoms. The number of rotatable bonds is 9. The fourth-order valence-electron chi connectivity index (χ4n) is 2.50. The molecule has 154 valence electrons. The first-order valence-corrected chi connectivity index (χ1v) is 10.7.